The minimum Gasteiger partial charge on any atom is -0.507 e. The van der Waals surface area contributed by atoms with E-state index < -0.39 is 5.97 Å². The Morgan fingerprint density at radius 3 is 2.73 bits per heavy atom. The Bertz CT molecular complexity index is 361. The van der Waals surface area contributed by atoms with Gasteiger partial charge in [0.1, 0.15) is 11.3 Å². The highest BCUT2D eigenvalue weighted by atomic mass is 79.9. The maximum Gasteiger partial charge on any atom is 0.342 e. The number of aromatic hydroxyl groups is 1. The zero-order chi connectivity index (χ0) is 11.4. The van der Waals surface area contributed by atoms with E-state index in [4.69, 9.17) is 4.74 Å². The highest BCUT2D eigenvalue weighted by molar-refractivity contribution is 9.08. The molecule has 0 amide bonds. The van der Waals surface area contributed by atoms with Crippen LogP contribution in [0.25, 0.3) is 0 Å². The van der Waals surface area contributed by atoms with E-state index in [1.54, 1.807) is 26.0 Å². The Morgan fingerprint density at radius 2 is 2.20 bits per heavy atom. The third-order valence-corrected chi connectivity index (χ3v) is 2.42. The van der Waals surface area contributed by atoms with Crippen LogP contribution in [-0.2, 0) is 10.1 Å². The summed E-state index contributed by atoms with van der Waals surface area (Å²) < 4.78 is 5.04. The van der Waals surface area contributed by atoms with Crippen molar-refractivity contribution in [3.63, 3.8) is 0 Å². The van der Waals surface area contributed by atoms with Crippen LogP contribution in [0.15, 0.2) is 18.2 Å². The van der Waals surface area contributed by atoms with Gasteiger partial charge in [-0.25, -0.2) is 4.79 Å². The molecule has 0 unspecified atom stereocenters. The lowest BCUT2D eigenvalue weighted by atomic mass is 10.1. The average Bonchev–Trinajstić information content (AvgIpc) is 2.15. The second-order valence-corrected chi connectivity index (χ2v) is 3.96. The van der Waals surface area contributed by atoms with E-state index in [1.165, 1.54) is 6.07 Å². The zero-order valence-corrected chi connectivity index (χ0v) is 10.2. The molecule has 0 saturated heterocycles. The standard InChI is InChI=1S/C11H13BrO3/c1-7(2)15-11(14)10-8(6-12)4-3-5-9(10)13/h3-5,7,13H,6H2,1-2H3. The van der Waals surface area contributed by atoms with Crippen LogP contribution >= 0.6 is 15.9 Å². The van der Waals surface area contributed by atoms with Gasteiger partial charge in [-0.15, -0.1) is 0 Å². The first-order chi connectivity index (χ1) is 7.06. The molecule has 0 aromatic heterocycles. The number of esters is 1. The zero-order valence-electron chi connectivity index (χ0n) is 8.66. The first kappa shape index (κ1) is 12.0. The normalized spacial score (nSPS) is 10.4. The van der Waals surface area contributed by atoms with Gasteiger partial charge in [-0.2, -0.15) is 0 Å². The van der Waals surface area contributed by atoms with Crippen molar-refractivity contribution in [2.75, 3.05) is 0 Å². The average molecular weight is 273 g/mol. The van der Waals surface area contributed by atoms with Crippen molar-refractivity contribution in [2.24, 2.45) is 0 Å². The van der Waals surface area contributed by atoms with Crippen LogP contribution in [0.1, 0.15) is 29.8 Å². The molecule has 82 valence electrons. The fourth-order valence-electron chi connectivity index (χ4n) is 1.21. The molecule has 1 rings (SSSR count). The lowest BCUT2D eigenvalue weighted by Gasteiger charge is -2.11. The molecule has 0 fully saturated rings. The van der Waals surface area contributed by atoms with Crippen LogP contribution in [0.2, 0.25) is 0 Å². The molecule has 0 aliphatic carbocycles. The van der Waals surface area contributed by atoms with Gasteiger partial charge in [0.25, 0.3) is 0 Å². The molecule has 0 aliphatic heterocycles. The Labute approximate surface area is 97.2 Å². The van der Waals surface area contributed by atoms with Gasteiger partial charge >= 0.3 is 5.97 Å². The number of alkyl halides is 1. The van der Waals surface area contributed by atoms with E-state index in [0.717, 1.165) is 5.56 Å². The van der Waals surface area contributed by atoms with Gasteiger partial charge in [-0.1, -0.05) is 28.1 Å². The molecule has 4 heteroatoms. The molecule has 15 heavy (non-hydrogen) atoms. The van der Waals surface area contributed by atoms with Gasteiger partial charge in [0.15, 0.2) is 0 Å². The van der Waals surface area contributed by atoms with Crippen LogP contribution in [0, 0.1) is 0 Å². The highest BCUT2D eigenvalue weighted by Gasteiger charge is 2.17. The van der Waals surface area contributed by atoms with Gasteiger partial charge in [-0.05, 0) is 25.5 Å². The second kappa shape index (κ2) is 5.16. The van der Waals surface area contributed by atoms with Crippen LogP contribution in [0.4, 0.5) is 0 Å². The van der Waals surface area contributed by atoms with Crippen LogP contribution in [-0.4, -0.2) is 17.2 Å². The molecule has 1 aromatic rings. The first-order valence-corrected chi connectivity index (χ1v) is 5.76. The number of benzene rings is 1. The summed E-state index contributed by atoms with van der Waals surface area (Å²) >= 11 is 3.26. The molecule has 0 atom stereocenters. The highest BCUT2D eigenvalue weighted by Crippen LogP contribution is 2.24. The lowest BCUT2D eigenvalue weighted by Crippen LogP contribution is -2.13. The van der Waals surface area contributed by atoms with Gasteiger partial charge in [-0.3, -0.25) is 0 Å². The number of ether oxygens (including phenoxy) is 1. The summed E-state index contributed by atoms with van der Waals surface area (Å²) in [4.78, 5) is 11.7. The van der Waals surface area contributed by atoms with Crippen LogP contribution < -0.4 is 0 Å². The van der Waals surface area contributed by atoms with Crippen LogP contribution in [0.3, 0.4) is 0 Å². The lowest BCUT2D eigenvalue weighted by molar-refractivity contribution is 0.0374. The summed E-state index contributed by atoms with van der Waals surface area (Å²) in [5.41, 5.74) is 0.962. The molecular weight excluding hydrogens is 260 g/mol. The molecule has 3 nitrogen and oxygen atoms in total. The summed E-state index contributed by atoms with van der Waals surface area (Å²) in [5, 5.41) is 10.1. The minimum atomic E-state index is -0.488. The molecule has 0 aliphatic rings. The number of halogens is 1. The van der Waals surface area contributed by atoms with Crippen molar-refractivity contribution >= 4 is 21.9 Å². The maximum atomic E-state index is 11.7. The predicted molar refractivity (Wildman–Crippen MR) is 61.3 cm³/mol. The van der Waals surface area contributed by atoms with Crippen molar-refractivity contribution < 1.29 is 14.6 Å². The van der Waals surface area contributed by atoms with E-state index in [-0.39, 0.29) is 17.4 Å². The number of phenols is 1. The van der Waals surface area contributed by atoms with Gasteiger partial charge in [0.05, 0.1) is 6.10 Å². The van der Waals surface area contributed by atoms with Gasteiger partial charge in [0.2, 0.25) is 0 Å². The van der Waals surface area contributed by atoms with E-state index in [0.29, 0.717) is 5.33 Å². The Morgan fingerprint density at radius 1 is 1.53 bits per heavy atom. The molecule has 0 bridgehead atoms. The van der Waals surface area contributed by atoms with Crippen molar-refractivity contribution in [3.05, 3.63) is 29.3 Å². The summed E-state index contributed by atoms with van der Waals surface area (Å²) in [5.74, 6) is -0.532. The number of carbonyl (C=O) groups excluding carboxylic acids is 1. The molecule has 0 saturated carbocycles. The summed E-state index contributed by atoms with van der Waals surface area (Å²) in [7, 11) is 0. The van der Waals surface area contributed by atoms with E-state index >= 15 is 0 Å². The predicted octanol–water partition coefficient (Wildman–Crippen LogP) is 2.85. The van der Waals surface area contributed by atoms with Gasteiger partial charge in [0, 0.05) is 5.33 Å². The third kappa shape index (κ3) is 2.96. The number of hydrogen-bond acceptors (Lipinski definition) is 3. The smallest absolute Gasteiger partial charge is 0.342 e. The van der Waals surface area contributed by atoms with E-state index in [2.05, 4.69) is 15.9 Å². The third-order valence-electron chi connectivity index (χ3n) is 1.82. The van der Waals surface area contributed by atoms with Crippen molar-refractivity contribution in [3.8, 4) is 5.75 Å². The Balaban J connectivity index is 3.06. The largest absolute Gasteiger partial charge is 0.507 e. The summed E-state index contributed by atoms with van der Waals surface area (Å²) in [6, 6.07) is 4.94. The SMILES string of the molecule is CC(C)OC(=O)c1c(O)cccc1CBr. The van der Waals surface area contributed by atoms with Crippen molar-refractivity contribution in [1.29, 1.82) is 0 Å². The number of phenolic OH excluding ortho intramolecular Hbond substituents is 1. The number of hydrogen-bond donors (Lipinski definition) is 1. The van der Waals surface area contributed by atoms with E-state index in [9.17, 15) is 9.90 Å². The second-order valence-electron chi connectivity index (χ2n) is 3.40. The fraction of sp³-hybridized carbons (Fsp3) is 0.364. The molecule has 0 heterocycles. The number of carbonyl (C=O) groups is 1. The van der Waals surface area contributed by atoms with Crippen molar-refractivity contribution in [1.82, 2.24) is 0 Å². The molecule has 0 spiro atoms. The fourth-order valence-corrected chi connectivity index (χ4v) is 1.67. The monoisotopic (exact) mass is 272 g/mol. The Kier molecular flexibility index (Phi) is 4.15. The first-order valence-electron chi connectivity index (χ1n) is 4.64. The Hall–Kier alpha value is -1.03. The summed E-state index contributed by atoms with van der Waals surface area (Å²) in [6.07, 6.45) is -0.194. The molecule has 0 radical (unpaired) electrons. The number of rotatable bonds is 3. The summed E-state index contributed by atoms with van der Waals surface area (Å²) in [6.45, 7) is 3.54. The van der Waals surface area contributed by atoms with Crippen LogP contribution in [0.5, 0.6) is 5.75 Å². The topological polar surface area (TPSA) is 46.5 Å². The minimum absolute atomic E-state index is 0.0439. The van der Waals surface area contributed by atoms with Crippen molar-refractivity contribution in [2.45, 2.75) is 25.3 Å². The molecular formula is C11H13BrO3. The molecule has 1 N–H and O–H groups in total. The van der Waals surface area contributed by atoms with Gasteiger partial charge < -0.3 is 9.84 Å². The molecule has 1 aromatic carbocycles. The maximum absolute atomic E-state index is 11.7. The van der Waals surface area contributed by atoms with E-state index in [1.807, 2.05) is 0 Å². The quantitative estimate of drug-likeness (QED) is 0.680.